The molecule has 8 heteroatoms. The minimum Gasteiger partial charge on any atom is -0.481 e. The lowest BCUT2D eigenvalue weighted by Crippen LogP contribution is -2.16. The van der Waals surface area contributed by atoms with Gasteiger partial charge in [0.2, 0.25) is 11.8 Å². The molecule has 7 nitrogen and oxygen atoms in total. The summed E-state index contributed by atoms with van der Waals surface area (Å²) in [4.78, 5) is 8.04. The molecule has 0 aliphatic carbocycles. The van der Waals surface area contributed by atoms with Crippen molar-refractivity contribution in [3.63, 3.8) is 0 Å². The first-order valence-corrected chi connectivity index (χ1v) is 8.22. The Morgan fingerprint density at radius 1 is 1.17 bits per heavy atom. The van der Waals surface area contributed by atoms with E-state index in [9.17, 15) is 0 Å². The second-order valence-electron chi connectivity index (χ2n) is 6.55. The third-order valence-electron chi connectivity index (χ3n) is 3.25. The molecule has 0 fully saturated rings. The van der Waals surface area contributed by atoms with E-state index in [1.165, 1.54) is 6.33 Å². The fraction of sp³-hybridized carbons (Fsp3) is 0.375. The zero-order valence-electron chi connectivity index (χ0n) is 13.9. The van der Waals surface area contributed by atoms with Crippen LogP contribution in [0.15, 0.2) is 29.0 Å². The number of fused-ring (bicyclic) bond motifs is 1. The van der Waals surface area contributed by atoms with Gasteiger partial charge in [0.05, 0.1) is 23.2 Å². The molecule has 0 atom stereocenters. The lowest BCUT2D eigenvalue weighted by atomic mass is 9.97. The maximum Gasteiger partial charge on any atom is 0.226 e. The van der Waals surface area contributed by atoms with E-state index in [0.29, 0.717) is 17.5 Å². The molecule has 2 aromatic heterocycles. The average molecular weight is 392 g/mol. The van der Waals surface area contributed by atoms with E-state index >= 15 is 0 Å². The molecule has 0 aliphatic rings. The Balaban J connectivity index is 1.94. The van der Waals surface area contributed by atoms with Gasteiger partial charge in [-0.15, -0.1) is 5.10 Å². The number of methoxy groups -OCH3 is 1. The van der Waals surface area contributed by atoms with Crippen LogP contribution < -0.4 is 9.47 Å². The van der Waals surface area contributed by atoms with E-state index in [-0.39, 0.29) is 5.41 Å². The van der Waals surface area contributed by atoms with Gasteiger partial charge >= 0.3 is 0 Å². The maximum atomic E-state index is 5.81. The summed E-state index contributed by atoms with van der Waals surface area (Å²) in [6.07, 6.45) is 1.39. The normalized spacial score (nSPS) is 11.7. The molecular weight excluding hydrogens is 374 g/mol. The van der Waals surface area contributed by atoms with Gasteiger partial charge in [0, 0.05) is 6.54 Å². The number of hydrogen-bond donors (Lipinski definition) is 0. The first-order chi connectivity index (χ1) is 11.4. The van der Waals surface area contributed by atoms with Gasteiger partial charge in [-0.3, -0.25) is 0 Å². The molecule has 1 aromatic carbocycles. The Morgan fingerprint density at radius 2 is 1.92 bits per heavy atom. The number of ether oxygens (including phenoxy) is 2. The summed E-state index contributed by atoms with van der Waals surface area (Å²) in [6.45, 7) is 7.26. The van der Waals surface area contributed by atoms with Crippen LogP contribution >= 0.6 is 15.9 Å². The Morgan fingerprint density at radius 3 is 2.62 bits per heavy atom. The largest absolute Gasteiger partial charge is 0.481 e. The third kappa shape index (κ3) is 3.48. The highest BCUT2D eigenvalue weighted by molar-refractivity contribution is 9.10. The van der Waals surface area contributed by atoms with Crippen LogP contribution in [0.5, 0.6) is 17.5 Å². The molecule has 24 heavy (non-hydrogen) atoms. The summed E-state index contributed by atoms with van der Waals surface area (Å²) in [5.41, 5.74) is 1.81. The van der Waals surface area contributed by atoms with Crippen molar-refractivity contribution in [3.05, 3.63) is 29.0 Å². The standard InChI is InChI=1S/C16H18BrN5O2/c1-16(2,3)8-22-10-5-6-11(14(17)15(10)20-21-22)24-13-7-12(23-4)18-9-19-13/h5-7,9H,8H2,1-4H3. The van der Waals surface area contributed by atoms with Gasteiger partial charge in [0.25, 0.3) is 0 Å². The molecule has 126 valence electrons. The summed E-state index contributed by atoms with van der Waals surface area (Å²) < 4.78 is 13.5. The highest BCUT2D eigenvalue weighted by atomic mass is 79.9. The van der Waals surface area contributed by atoms with Crippen LogP contribution in [-0.4, -0.2) is 32.1 Å². The number of rotatable bonds is 4. The fourth-order valence-electron chi connectivity index (χ4n) is 2.23. The molecule has 3 aromatic rings. The maximum absolute atomic E-state index is 5.81. The van der Waals surface area contributed by atoms with Gasteiger partial charge < -0.3 is 9.47 Å². The van der Waals surface area contributed by atoms with Crippen molar-refractivity contribution < 1.29 is 9.47 Å². The summed E-state index contributed by atoms with van der Waals surface area (Å²) in [5.74, 6) is 1.43. The van der Waals surface area contributed by atoms with Crippen molar-refractivity contribution in [3.8, 4) is 17.5 Å². The molecule has 0 radical (unpaired) electrons. The van der Waals surface area contributed by atoms with Crippen LogP contribution in [0.4, 0.5) is 0 Å². The lowest BCUT2D eigenvalue weighted by Gasteiger charge is -2.17. The molecule has 0 saturated heterocycles. The number of benzene rings is 1. The second kappa shape index (κ2) is 6.35. The first kappa shape index (κ1) is 16.6. The van der Waals surface area contributed by atoms with Crippen molar-refractivity contribution in [1.82, 2.24) is 25.0 Å². The van der Waals surface area contributed by atoms with Crippen molar-refractivity contribution in [2.75, 3.05) is 7.11 Å². The Labute approximate surface area is 148 Å². The van der Waals surface area contributed by atoms with Crippen LogP contribution in [0.2, 0.25) is 0 Å². The minimum absolute atomic E-state index is 0.111. The molecule has 0 spiro atoms. The SMILES string of the molecule is COc1cc(Oc2ccc3c(nnn3CC(C)(C)C)c2Br)ncn1. The van der Waals surface area contributed by atoms with Crippen molar-refractivity contribution in [2.45, 2.75) is 27.3 Å². The van der Waals surface area contributed by atoms with E-state index in [1.807, 2.05) is 16.8 Å². The van der Waals surface area contributed by atoms with Crippen LogP contribution in [-0.2, 0) is 6.54 Å². The van der Waals surface area contributed by atoms with E-state index < -0.39 is 0 Å². The molecule has 0 N–H and O–H groups in total. The van der Waals surface area contributed by atoms with Gasteiger partial charge in [0.1, 0.15) is 17.6 Å². The Kier molecular flexibility index (Phi) is 4.40. The zero-order valence-corrected chi connectivity index (χ0v) is 15.5. The third-order valence-corrected chi connectivity index (χ3v) is 4.02. The molecule has 2 heterocycles. The van der Waals surface area contributed by atoms with Crippen LogP contribution in [0.1, 0.15) is 20.8 Å². The quantitative estimate of drug-likeness (QED) is 0.672. The van der Waals surface area contributed by atoms with E-state index in [2.05, 4.69) is 57.0 Å². The summed E-state index contributed by atoms with van der Waals surface area (Å²) in [6, 6.07) is 5.43. The van der Waals surface area contributed by atoms with Gasteiger partial charge in [-0.1, -0.05) is 26.0 Å². The predicted molar refractivity (Wildman–Crippen MR) is 93.3 cm³/mol. The van der Waals surface area contributed by atoms with Crippen LogP contribution in [0.25, 0.3) is 11.0 Å². The topological polar surface area (TPSA) is 75.0 Å². The average Bonchev–Trinajstić information content (AvgIpc) is 2.92. The van der Waals surface area contributed by atoms with E-state index in [0.717, 1.165) is 22.1 Å². The highest BCUT2D eigenvalue weighted by Crippen LogP contribution is 2.35. The Hall–Kier alpha value is -2.22. The van der Waals surface area contributed by atoms with Gasteiger partial charge in [0.15, 0.2) is 0 Å². The smallest absolute Gasteiger partial charge is 0.226 e. The molecule has 0 unspecified atom stereocenters. The molecule has 0 aliphatic heterocycles. The van der Waals surface area contributed by atoms with Crippen molar-refractivity contribution in [2.24, 2.45) is 5.41 Å². The highest BCUT2D eigenvalue weighted by Gasteiger charge is 2.18. The zero-order chi connectivity index (χ0) is 17.3. The summed E-state index contributed by atoms with van der Waals surface area (Å²) in [5, 5.41) is 8.52. The number of nitrogens with zero attached hydrogens (tertiary/aromatic N) is 5. The molecular formula is C16H18BrN5O2. The minimum atomic E-state index is 0.111. The Bertz CT molecular complexity index is 873. The molecule has 3 rings (SSSR count). The summed E-state index contributed by atoms with van der Waals surface area (Å²) in [7, 11) is 1.54. The molecule has 0 saturated carbocycles. The molecule has 0 bridgehead atoms. The first-order valence-electron chi connectivity index (χ1n) is 7.43. The van der Waals surface area contributed by atoms with Crippen molar-refractivity contribution >= 4 is 27.0 Å². The second-order valence-corrected chi connectivity index (χ2v) is 7.35. The predicted octanol–water partition coefficient (Wildman–Crippen LogP) is 3.83. The molecule has 0 amide bonds. The lowest BCUT2D eigenvalue weighted by molar-refractivity contribution is 0.327. The van der Waals surface area contributed by atoms with E-state index in [4.69, 9.17) is 9.47 Å². The monoisotopic (exact) mass is 391 g/mol. The van der Waals surface area contributed by atoms with Crippen LogP contribution in [0.3, 0.4) is 0 Å². The fourth-order valence-corrected chi connectivity index (χ4v) is 2.73. The van der Waals surface area contributed by atoms with Crippen molar-refractivity contribution in [1.29, 1.82) is 0 Å². The van der Waals surface area contributed by atoms with Gasteiger partial charge in [-0.05, 0) is 33.5 Å². The number of halogens is 1. The van der Waals surface area contributed by atoms with E-state index in [1.54, 1.807) is 13.2 Å². The van der Waals surface area contributed by atoms with Gasteiger partial charge in [-0.2, -0.15) is 0 Å². The van der Waals surface area contributed by atoms with Gasteiger partial charge in [-0.25, -0.2) is 14.6 Å². The number of aromatic nitrogens is 5. The number of hydrogen-bond acceptors (Lipinski definition) is 6. The summed E-state index contributed by atoms with van der Waals surface area (Å²) >= 11 is 3.55. The van der Waals surface area contributed by atoms with Crippen LogP contribution in [0, 0.1) is 5.41 Å².